The molecule has 0 saturated carbocycles. The summed E-state index contributed by atoms with van der Waals surface area (Å²) in [6, 6.07) is 8.06. The third kappa shape index (κ3) is 4.72. The van der Waals surface area contributed by atoms with Gasteiger partial charge in [0.15, 0.2) is 0 Å². The molecule has 0 aliphatic heterocycles. The molecule has 1 heterocycles. The molecule has 0 fully saturated rings. The van der Waals surface area contributed by atoms with Crippen molar-refractivity contribution in [2.24, 2.45) is 0 Å². The van der Waals surface area contributed by atoms with Crippen LogP contribution in [0, 0.1) is 6.92 Å². The van der Waals surface area contributed by atoms with E-state index in [2.05, 4.69) is 10.3 Å². The largest absolute Gasteiger partial charge is 0.352 e. The maximum absolute atomic E-state index is 11.6. The highest BCUT2D eigenvalue weighted by Crippen LogP contribution is 2.04. The number of hydrogen-bond acceptors (Lipinski definition) is 2. The number of hydrogen-bond donors (Lipinski definition) is 1. The van der Waals surface area contributed by atoms with Crippen molar-refractivity contribution < 1.29 is 4.79 Å². The first kappa shape index (κ1) is 14.1. The van der Waals surface area contributed by atoms with Gasteiger partial charge in [0, 0.05) is 31.6 Å². The standard InChI is InChI=1S/C16H19N3O/c1-14-3-5-15(6-4-14)7-8-16(20)18-9-2-11-19-12-10-17-13-19/h3-8,10,12-13H,2,9,11H2,1H3,(H,18,20). The molecule has 0 aliphatic rings. The lowest BCUT2D eigenvalue weighted by atomic mass is 10.1. The highest BCUT2D eigenvalue weighted by molar-refractivity contribution is 5.91. The van der Waals surface area contributed by atoms with Crippen LogP contribution in [0.3, 0.4) is 0 Å². The van der Waals surface area contributed by atoms with Gasteiger partial charge < -0.3 is 9.88 Å². The molecule has 0 saturated heterocycles. The molecule has 1 aromatic carbocycles. The number of imidazole rings is 1. The second kappa shape index (κ2) is 7.28. The van der Waals surface area contributed by atoms with Crippen LogP contribution in [0.15, 0.2) is 49.1 Å². The van der Waals surface area contributed by atoms with Crippen LogP contribution in [0.25, 0.3) is 6.08 Å². The number of carbonyl (C=O) groups is 1. The van der Waals surface area contributed by atoms with Gasteiger partial charge in [0.1, 0.15) is 0 Å². The Kier molecular flexibility index (Phi) is 5.12. The van der Waals surface area contributed by atoms with Gasteiger partial charge in [-0.15, -0.1) is 0 Å². The molecular weight excluding hydrogens is 250 g/mol. The number of nitrogens with zero attached hydrogens (tertiary/aromatic N) is 2. The topological polar surface area (TPSA) is 46.9 Å². The second-order valence-electron chi connectivity index (χ2n) is 4.69. The van der Waals surface area contributed by atoms with E-state index in [9.17, 15) is 4.79 Å². The van der Waals surface area contributed by atoms with Gasteiger partial charge >= 0.3 is 0 Å². The van der Waals surface area contributed by atoms with Crippen LogP contribution >= 0.6 is 0 Å². The zero-order valence-corrected chi connectivity index (χ0v) is 11.6. The Morgan fingerprint density at radius 2 is 2.15 bits per heavy atom. The summed E-state index contributed by atoms with van der Waals surface area (Å²) in [6.45, 7) is 3.57. The molecule has 0 aliphatic carbocycles. The maximum atomic E-state index is 11.6. The molecule has 0 atom stereocenters. The Labute approximate surface area is 119 Å². The number of amides is 1. The van der Waals surface area contributed by atoms with Crippen molar-refractivity contribution in [1.29, 1.82) is 0 Å². The summed E-state index contributed by atoms with van der Waals surface area (Å²) in [7, 11) is 0. The number of aryl methyl sites for hydroxylation is 2. The fourth-order valence-electron chi connectivity index (χ4n) is 1.80. The Morgan fingerprint density at radius 3 is 2.85 bits per heavy atom. The third-order valence-corrected chi connectivity index (χ3v) is 2.96. The summed E-state index contributed by atoms with van der Waals surface area (Å²) < 4.78 is 1.99. The van der Waals surface area contributed by atoms with Crippen LogP contribution < -0.4 is 5.32 Å². The predicted molar refractivity (Wildman–Crippen MR) is 80.1 cm³/mol. The molecule has 0 radical (unpaired) electrons. The lowest BCUT2D eigenvalue weighted by molar-refractivity contribution is -0.116. The van der Waals surface area contributed by atoms with E-state index < -0.39 is 0 Å². The Hall–Kier alpha value is -2.36. The molecule has 2 aromatic rings. The van der Waals surface area contributed by atoms with Gasteiger partial charge in [-0.1, -0.05) is 29.8 Å². The Morgan fingerprint density at radius 1 is 1.35 bits per heavy atom. The molecule has 1 amide bonds. The van der Waals surface area contributed by atoms with E-state index in [1.54, 1.807) is 18.6 Å². The number of aromatic nitrogens is 2. The average molecular weight is 269 g/mol. The zero-order valence-electron chi connectivity index (χ0n) is 11.6. The lowest BCUT2D eigenvalue weighted by Gasteiger charge is -2.03. The predicted octanol–water partition coefficient (Wildman–Crippen LogP) is 2.41. The van der Waals surface area contributed by atoms with Gasteiger partial charge in [0.05, 0.1) is 6.33 Å². The first-order valence-electron chi connectivity index (χ1n) is 6.72. The minimum Gasteiger partial charge on any atom is -0.352 e. The summed E-state index contributed by atoms with van der Waals surface area (Å²) in [4.78, 5) is 15.6. The SMILES string of the molecule is Cc1ccc(C=CC(=O)NCCCn2ccnc2)cc1. The van der Waals surface area contributed by atoms with E-state index in [0.29, 0.717) is 6.54 Å². The van der Waals surface area contributed by atoms with Crippen molar-refractivity contribution in [2.45, 2.75) is 19.9 Å². The molecule has 0 bridgehead atoms. The molecule has 20 heavy (non-hydrogen) atoms. The van der Waals surface area contributed by atoms with Crippen LogP contribution in [-0.2, 0) is 11.3 Å². The minimum absolute atomic E-state index is 0.0591. The van der Waals surface area contributed by atoms with Gasteiger partial charge in [-0.25, -0.2) is 4.98 Å². The van der Waals surface area contributed by atoms with Crippen LogP contribution in [-0.4, -0.2) is 22.0 Å². The van der Waals surface area contributed by atoms with Gasteiger partial charge in [-0.3, -0.25) is 4.79 Å². The molecule has 4 nitrogen and oxygen atoms in total. The molecule has 1 aromatic heterocycles. The van der Waals surface area contributed by atoms with Crippen LogP contribution in [0.1, 0.15) is 17.5 Å². The molecule has 104 valence electrons. The van der Waals surface area contributed by atoms with E-state index in [1.165, 1.54) is 5.56 Å². The molecule has 0 spiro atoms. The van der Waals surface area contributed by atoms with Gasteiger partial charge in [-0.2, -0.15) is 0 Å². The molecule has 2 rings (SSSR count). The van der Waals surface area contributed by atoms with Crippen molar-refractivity contribution in [3.05, 3.63) is 60.2 Å². The fraction of sp³-hybridized carbons (Fsp3) is 0.250. The average Bonchev–Trinajstić information content (AvgIpc) is 2.96. The lowest BCUT2D eigenvalue weighted by Crippen LogP contribution is -2.22. The third-order valence-electron chi connectivity index (χ3n) is 2.96. The number of nitrogens with one attached hydrogen (secondary N) is 1. The van der Waals surface area contributed by atoms with E-state index in [0.717, 1.165) is 18.5 Å². The van der Waals surface area contributed by atoms with Crippen LogP contribution in [0.4, 0.5) is 0 Å². The van der Waals surface area contributed by atoms with Crippen molar-refractivity contribution in [1.82, 2.24) is 14.9 Å². The first-order valence-corrected chi connectivity index (χ1v) is 6.72. The Balaban J connectivity index is 1.68. The highest BCUT2D eigenvalue weighted by atomic mass is 16.1. The smallest absolute Gasteiger partial charge is 0.244 e. The molecule has 4 heteroatoms. The molecule has 0 unspecified atom stereocenters. The van der Waals surface area contributed by atoms with Crippen molar-refractivity contribution in [3.8, 4) is 0 Å². The summed E-state index contributed by atoms with van der Waals surface area (Å²) in [6.07, 6.45) is 9.73. The fourth-order valence-corrected chi connectivity index (χ4v) is 1.80. The van der Waals surface area contributed by atoms with E-state index in [4.69, 9.17) is 0 Å². The minimum atomic E-state index is -0.0591. The summed E-state index contributed by atoms with van der Waals surface area (Å²) in [5.74, 6) is -0.0591. The van der Waals surface area contributed by atoms with Crippen molar-refractivity contribution in [2.75, 3.05) is 6.54 Å². The summed E-state index contributed by atoms with van der Waals surface area (Å²) in [5, 5.41) is 2.87. The number of carbonyl (C=O) groups excluding carboxylic acids is 1. The molecule has 1 N–H and O–H groups in total. The van der Waals surface area contributed by atoms with E-state index in [1.807, 2.05) is 48.0 Å². The molecular formula is C16H19N3O. The van der Waals surface area contributed by atoms with Crippen LogP contribution in [0.5, 0.6) is 0 Å². The summed E-state index contributed by atoms with van der Waals surface area (Å²) >= 11 is 0. The second-order valence-corrected chi connectivity index (χ2v) is 4.69. The van der Waals surface area contributed by atoms with Crippen molar-refractivity contribution in [3.63, 3.8) is 0 Å². The maximum Gasteiger partial charge on any atom is 0.244 e. The zero-order chi connectivity index (χ0) is 14.2. The normalized spacial score (nSPS) is 10.8. The number of benzene rings is 1. The number of rotatable bonds is 6. The van der Waals surface area contributed by atoms with E-state index in [-0.39, 0.29) is 5.91 Å². The van der Waals surface area contributed by atoms with Crippen molar-refractivity contribution >= 4 is 12.0 Å². The van der Waals surface area contributed by atoms with Crippen LogP contribution in [0.2, 0.25) is 0 Å². The van der Waals surface area contributed by atoms with Gasteiger partial charge in [0.25, 0.3) is 0 Å². The van der Waals surface area contributed by atoms with Gasteiger partial charge in [-0.05, 0) is 25.0 Å². The quantitative estimate of drug-likeness (QED) is 0.646. The summed E-state index contributed by atoms with van der Waals surface area (Å²) in [5.41, 5.74) is 2.25. The van der Waals surface area contributed by atoms with E-state index >= 15 is 0 Å². The Bertz CT molecular complexity index is 556. The van der Waals surface area contributed by atoms with Gasteiger partial charge in [0.2, 0.25) is 5.91 Å². The first-order chi connectivity index (χ1) is 9.74. The monoisotopic (exact) mass is 269 g/mol. The highest BCUT2D eigenvalue weighted by Gasteiger charge is 1.95.